The lowest BCUT2D eigenvalue weighted by Gasteiger charge is -2.47. The fourth-order valence-corrected chi connectivity index (χ4v) is 7.78. The maximum absolute atomic E-state index is 16.1. The maximum atomic E-state index is 16.1. The first-order valence-corrected chi connectivity index (χ1v) is 16.1. The third-order valence-corrected chi connectivity index (χ3v) is 10.4. The van der Waals surface area contributed by atoms with Crippen LogP contribution < -0.4 is 15.2 Å². The van der Waals surface area contributed by atoms with E-state index in [1.165, 1.54) is 13.0 Å². The molecule has 0 amide bonds. The molecule has 1 aromatic carbocycles. The van der Waals surface area contributed by atoms with Gasteiger partial charge < -0.3 is 9.64 Å². The second kappa shape index (κ2) is 12.6. The van der Waals surface area contributed by atoms with Crippen LogP contribution >= 0.6 is 11.8 Å². The first kappa shape index (κ1) is 29.1. The van der Waals surface area contributed by atoms with Gasteiger partial charge in [-0.3, -0.25) is 19.5 Å². The molecule has 2 fully saturated rings. The van der Waals surface area contributed by atoms with Crippen LogP contribution in [0.1, 0.15) is 80.1 Å². The first-order chi connectivity index (χ1) is 19.3. The van der Waals surface area contributed by atoms with E-state index in [1.807, 2.05) is 11.8 Å². The number of fused-ring (bicyclic) bond motifs is 1. The summed E-state index contributed by atoms with van der Waals surface area (Å²) in [6, 6.07) is 3.23. The van der Waals surface area contributed by atoms with Gasteiger partial charge in [0.25, 0.3) is 5.56 Å². The van der Waals surface area contributed by atoms with Crippen LogP contribution in [0.15, 0.2) is 16.9 Å². The number of hydrogen-bond acceptors (Lipinski definition) is 7. The minimum absolute atomic E-state index is 0.0295. The highest BCUT2D eigenvalue weighted by atomic mass is 32.2. The number of nitrogens with one attached hydrogen (secondary N) is 1. The zero-order chi connectivity index (χ0) is 28.3. The van der Waals surface area contributed by atoms with Gasteiger partial charge in [-0.2, -0.15) is 11.8 Å². The summed E-state index contributed by atoms with van der Waals surface area (Å²) in [4.78, 5) is 38.1. The van der Waals surface area contributed by atoms with Gasteiger partial charge in [0.1, 0.15) is 18.2 Å². The third kappa shape index (κ3) is 5.96. The molecule has 3 heterocycles. The normalized spacial score (nSPS) is 20.1. The van der Waals surface area contributed by atoms with Crippen LogP contribution in [0.3, 0.4) is 0 Å². The SMILES string of the molecule is CCC(C)C1(c2c(F)cc(OCCN3CCSCC3)cc2C(C)=O)CCN(c2nc3c(c(=O)[nH]2)CCCC3)CC1. The Morgan fingerprint density at radius 1 is 1.18 bits per heavy atom. The van der Waals surface area contributed by atoms with E-state index < -0.39 is 5.41 Å². The number of aromatic amines is 1. The summed E-state index contributed by atoms with van der Waals surface area (Å²) >= 11 is 1.97. The molecule has 218 valence electrons. The maximum Gasteiger partial charge on any atom is 0.255 e. The number of H-pyrrole nitrogens is 1. The Bertz CT molecular complexity index is 1270. The molecule has 3 aliphatic rings. The average molecular weight is 571 g/mol. The number of benzene rings is 1. The van der Waals surface area contributed by atoms with Crippen LogP contribution in [0.4, 0.5) is 10.3 Å². The lowest BCUT2D eigenvalue weighted by molar-refractivity contribution is 0.101. The van der Waals surface area contributed by atoms with Crippen LogP contribution in [-0.4, -0.2) is 71.5 Å². The number of halogens is 1. The molecule has 7 nitrogen and oxygen atoms in total. The van der Waals surface area contributed by atoms with E-state index in [9.17, 15) is 9.59 Å². The molecule has 0 saturated carbocycles. The molecular formula is C31H43FN4O3S. The predicted molar refractivity (Wildman–Crippen MR) is 160 cm³/mol. The van der Waals surface area contributed by atoms with Crippen molar-refractivity contribution in [3.63, 3.8) is 0 Å². The molecule has 1 aliphatic carbocycles. The Kier molecular flexibility index (Phi) is 9.20. The van der Waals surface area contributed by atoms with Gasteiger partial charge in [-0.15, -0.1) is 0 Å². The number of anilines is 1. The molecule has 2 saturated heterocycles. The van der Waals surface area contributed by atoms with Crippen molar-refractivity contribution >= 4 is 23.5 Å². The summed E-state index contributed by atoms with van der Waals surface area (Å²) < 4.78 is 22.1. The highest BCUT2D eigenvalue weighted by molar-refractivity contribution is 7.99. The minimum atomic E-state index is -0.491. The molecule has 1 N–H and O–H groups in total. The van der Waals surface area contributed by atoms with E-state index >= 15 is 4.39 Å². The van der Waals surface area contributed by atoms with Gasteiger partial charge in [-0.1, -0.05) is 20.3 Å². The quantitative estimate of drug-likeness (QED) is 0.425. The van der Waals surface area contributed by atoms with Crippen LogP contribution in [0, 0.1) is 11.7 Å². The van der Waals surface area contributed by atoms with Crippen molar-refractivity contribution in [2.75, 3.05) is 55.7 Å². The monoisotopic (exact) mass is 570 g/mol. The molecule has 2 aromatic rings. The lowest BCUT2D eigenvalue weighted by Crippen LogP contribution is -2.48. The van der Waals surface area contributed by atoms with E-state index in [0.717, 1.165) is 74.5 Å². The van der Waals surface area contributed by atoms with Gasteiger partial charge in [0.15, 0.2) is 5.78 Å². The van der Waals surface area contributed by atoms with Crippen molar-refractivity contribution in [2.45, 2.75) is 71.1 Å². The summed E-state index contributed by atoms with van der Waals surface area (Å²) in [6.45, 7) is 10.4. The van der Waals surface area contributed by atoms with E-state index in [4.69, 9.17) is 9.72 Å². The lowest BCUT2D eigenvalue weighted by atomic mass is 9.62. The number of ketones is 1. The number of carbonyl (C=O) groups is 1. The second-order valence-electron chi connectivity index (χ2n) is 11.7. The summed E-state index contributed by atoms with van der Waals surface area (Å²) in [7, 11) is 0. The Hall–Kier alpha value is -2.39. The topological polar surface area (TPSA) is 78.5 Å². The van der Waals surface area contributed by atoms with Crippen molar-refractivity contribution < 1.29 is 13.9 Å². The second-order valence-corrected chi connectivity index (χ2v) is 12.9. The molecule has 0 radical (unpaired) electrons. The number of aryl methyl sites for hydroxylation is 1. The standard InChI is InChI=1S/C31H43FN4O3S/c1-4-21(2)31(9-11-36(12-10-31)30-33-27-8-6-5-7-24(27)29(38)34-30)28-25(22(3)37)19-23(20-26(28)32)39-16-13-35-14-17-40-18-15-35/h19-21H,4-18H2,1-3H3,(H,33,34,38). The van der Waals surface area contributed by atoms with Gasteiger partial charge in [0, 0.05) is 72.4 Å². The number of rotatable bonds is 9. The van der Waals surface area contributed by atoms with Gasteiger partial charge in [-0.05, 0) is 57.4 Å². The van der Waals surface area contributed by atoms with Gasteiger partial charge >= 0.3 is 0 Å². The molecule has 1 unspecified atom stereocenters. The van der Waals surface area contributed by atoms with Crippen molar-refractivity contribution in [2.24, 2.45) is 5.92 Å². The summed E-state index contributed by atoms with van der Waals surface area (Å²) in [5.74, 6) is 2.97. The van der Waals surface area contributed by atoms with Crippen molar-refractivity contribution in [1.29, 1.82) is 0 Å². The smallest absolute Gasteiger partial charge is 0.255 e. The van der Waals surface area contributed by atoms with E-state index in [1.54, 1.807) is 6.07 Å². The Balaban J connectivity index is 1.38. The average Bonchev–Trinajstić information content (AvgIpc) is 2.97. The highest BCUT2D eigenvalue weighted by Gasteiger charge is 2.44. The first-order valence-electron chi connectivity index (χ1n) is 15.0. The summed E-state index contributed by atoms with van der Waals surface area (Å²) in [5.41, 5.74) is 2.18. The van der Waals surface area contributed by atoms with Crippen molar-refractivity contribution in [3.8, 4) is 5.75 Å². The minimum Gasteiger partial charge on any atom is -0.492 e. The Morgan fingerprint density at radius 3 is 2.60 bits per heavy atom. The number of Topliss-reactive ketones (excluding diaryl/α,β-unsaturated/α-hetero) is 1. The van der Waals surface area contributed by atoms with Crippen molar-refractivity contribution in [1.82, 2.24) is 14.9 Å². The zero-order valence-electron chi connectivity index (χ0n) is 24.2. The van der Waals surface area contributed by atoms with E-state index in [0.29, 0.717) is 55.4 Å². The van der Waals surface area contributed by atoms with Gasteiger partial charge in [0.05, 0.1) is 5.69 Å². The number of thioether (sulfide) groups is 1. The number of piperidine rings is 1. The van der Waals surface area contributed by atoms with E-state index in [-0.39, 0.29) is 23.1 Å². The Morgan fingerprint density at radius 2 is 1.90 bits per heavy atom. The van der Waals surface area contributed by atoms with Crippen LogP contribution in [0.2, 0.25) is 0 Å². The number of nitrogens with zero attached hydrogens (tertiary/aromatic N) is 3. The largest absolute Gasteiger partial charge is 0.492 e. The zero-order valence-corrected chi connectivity index (χ0v) is 25.0. The van der Waals surface area contributed by atoms with Gasteiger partial charge in [-0.25, -0.2) is 9.37 Å². The fraction of sp³-hybridized carbons (Fsp3) is 0.645. The summed E-state index contributed by atoms with van der Waals surface area (Å²) in [5, 5.41) is 0. The molecule has 0 spiro atoms. The van der Waals surface area contributed by atoms with Crippen molar-refractivity contribution in [3.05, 3.63) is 50.7 Å². The highest BCUT2D eigenvalue weighted by Crippen LogP contribution is 2.47. The fourth-order valence-electron chi connectivity index (χ4n) is 6.80. The molecule has 9 heteroatoms. The number of hydrogen-bond donors (Lipinski definition) is 1. The predicted octanol–water partition coefficient (Wildman–Crippen LogP) is 5.00. The molecule has 40 heavy (non-hydrogen) atoms. The molecule has 1 aromatic heterocycles. The molecule has 2 aliphatic heterocycles. The molecule has 0 bridgehead atoms. The van der Waals surface area contributed by atoms with Crippen LogP contribution in [0.25, 0.3) is 0 Å². The summed E-state index contributed by atoms with van der Waals surface area (Å²) in [6.07, 6.45) is 5.94. The number of carbonyl (C=O) groups excluding carboxylic acids is 1. The number of aromatic nitrogens is 2. The van der Waals surface area contributed by atoms with Gasteiger partial charge in [0.2, 0.25) is 5.95 Å². The molecule has 1 atom stereocenters. The van der Waals surface area contributed by atoms with Crippen LogP contribution in [0.5, 0.6) is 5.75 Å². The molecule has 5 rings (SSSR count). The molecular weight excluding hydrogens is 527 g/mol. The third-order valence-electron chi connectivity index (χ3n) is 9.41. The Labute approximate surface area is 241 Å². The van der Waals surface area contributed by atoms with Crippen LogP contribution in [-0.2, 0) is 18.3 Å². The number of ether oxygens (including phenoxy) is 1. The van der Waals surface area contributed by atoms with E-state index in [2.05, 4.69) is 28.6 Å².